The Morgan fingerprint density at radius 1 is 0.875 bits per heavy atom. The van der Waals surface area contributed by atoms with Crippen LogP contribution in [0.3, 0.4) is 0 Å². The monoisotopic (exact) mass is 475 g/mol. The van der Waals surface area contributed by atoms with Gasteiger partial charge in [-0.25, -0.2) is 0 Å². The van der Waals surface area contributed by atoms with Crippen LogP contribution in [0.15, 0.2) is 47.8 Å². The van der Waals surface area contributed by atoms with Crippen molar-refractivity contribution in [2.75, 3.05) is 43.4 Å². The molecule has 0 unspecified atom stereocenters. The molecule has 1 saturated heterocycles. The largest absolute Gasteiger partial charge is 0.420 e. The topological polar surface area (TPSA) is 36.7 Å². The molecule has 3 heterocycles. The number of rotatable bonds is 5. The highest BCUT2D eigenvalue weighted by atomic mass is 32.2. The van der Waals surface area contributed by atoms with E-state index in [-0.39, 0.29) is 5.65 Å². The van der Waals surface area contributed by atoms with Crippen LogP contribution in [0.4, 0.5) is 32.0 Å². The van der Waals surface area contributed by atoms with Gasteiger partial charge in [-0.1, -0.05) is 17.8 Å². The molecule has 0 saturated carbocycles. The van der Waals surface area contributed by atoms with Crippen molar-refractivity contribution < 1.29 is 26.3 Å². The first-order valence-corrected chi connectivity index (χ1v) is 10.8. The second kappa shape index (κ2) is 8.81. The van der Waals surface area contributed by atoms with E-state index in [0.29, 0.717) is 49.3 Å². The minimum atomic E-state index is -4.50. The van der Waals surface area contributed by atoms with Gasteiger partial charge in [-0.05, 0) is 30.3 Å². The number of nitrogens with zero attached hydrogens (tertiary/aromatic N) is 5. The van der Waals surface area contributed by atoms with Gasteiger partial charge in [0, 0.05) is 50.4 Å². The molecule has 1 fully saturated rings. The summed E-state index contributed by atoms with van der Waals surface area (Å²) in [6, 6.07) is 7.60. The van der Waals surface area contributed by atoms with E-state index in [2.05, 4.69) is 15.1 Å². The second-order valence-electron chi connectivity index (χ2n) is 7.32. The van der Waals surface area contributed by atoms with Crippen molar-refractivity contribution in [3.8, 4) is 0 Å². The Bertz CT molecular complexity index is 1070. The lowest BCUT2D eigenvalue weighted by Crippen LogP contribution is -2.47. The molecule has 1 aliphatic heterocycles. The molecule has 12 heteroatoms. The summed E-state index contributed by atoms with van der Waals surface area (Å²) in [6.07, 6.45) is -7.38. The number of hydrogen-bond acceptors (Lipinski definition) is 5. The number of piperazine rings is 1. The van der Waals surface area contributed by atoms with Crippen molar-refractivity contribution >= 4 is 23.1 Å². The number of alkyl halides is 6. The van der Waals surface area contributed by atoms with Gasteiger partial charge in [-0.15, -0.1) is 10.2 Å². The van der Waals surface area contributed by atoms with E-state index in [1.54, 1.807) is 6.07 Å². The number of aromatic nitrogens is 3. The first-order valence-electron chi connectivity index (χ1n) is 9.81. The smallest absolute Gasteiger partial charge is 0.369 e. The molecule has 4 rings (SSSR count). The highest BCUT2D eigenvalue weighted by Crippen LogP contribution is 2.33. The van der Waals surface area contributed by atoms with Crippen molar-refractivity contribution in [2.45, 2.75) is 17.5 Å². The third-order valence-electron chi connectivity index (χ3n) is 5.26. The maximum Gasteiger partial charge on any atom is 0.420 e. The van der Waals surface area contributed by atoms with Gasteiger partial charge < -0.3 is 4.90 Å². The Kier molecular flexibility index (Phi) is 6.26. The minimum absolute atomic E-state index is 0.225. The van der Waals surface area contributed by atoms with E-state index < -0.39 is 23.5 Å². The molecule has 0 atom stereocenters. The van der Waals surface area contributed by atoms with Gasteiger partial charge in [0.15, 0.2) is 10.8 Å². The molecule has 32 heavy (non-hydrogen) atoms. The zero-order valence-corrected chi connectivity index (χ0v) is 17.5. The highest BCUT2D eigenvalue weighted by Gasteiger charge is 2.34. The third-order valence-corrected chi connectivity index (χ3v) is 6.18. The van der Waals surface area contributed by atoms with Crippen LogP contribution in [0.25, 0.3) is 5.65 Å². The lowest BCUT2D eigenvalue weighted by atomic mass is 10.1. The normalized spacial score (nSPS) is 16.1. The standard InChI is InChI=1S/C20H19F6N5S/c21-19(22,23)14-3-1-4-15(13-14)30-9-7-29(8-10-30)11-12-32-18-28-27-17-16(20(24,25)26)5-2-6-31(17)18/h1-6,13H,7-12H2. The van der Waals surface area contributed by atoms with Crippen molar-refractivity contribution in [1.82, 2.24) is 19.5 Å². The maximum absolute atomic E-state index is 13.1. The van der Waals surface area contributed by atoms with Crippen LogP contribution in [0.2, 0.25) is 0 Å². The van der Waals surface area contributed by atoms with Crippen LogP contribution in [-0.2, 0) is 12.4 Å². The summed E-state index contributed by atoms with van der Waals surface area (Å²) < 4.78 is 79.4. The van der Waals surface area contributed by atoms with Crippen molar-refractivity contribution in [3.63, 3.8) is 0 Å². The predicted octanol–water partition coefficient (Wildman–Crippen LogP) is 4.68. The molecule has 0 bridgehead atoms. The molecule has 172 valence electrons. The summed E-state index contributed by atoms with van der Waals surface area (Å²) >= 11 is 1.31. The number of halogens is 6. The number of hydrogen-bond donors (Lipinski definition) is 0. The average molecular weight is 475 g/mol. The number of pyridine rings is 1. The van der Waals surface area contributed by atoms with Gasteiger partial charge in [0.05, 0.1) is 5.56 Å². The Morgan fingerprint density at radius 2 is 1.62 bits per heavy atom. The van der Waals surface area contributed by atoms with Gasteiger partial charge in [0.2, 0.25) is 0 Å². The predicted molar refractivity (Wildman–Crippen MR) is 109 cm³/mol. The summed E-state index contributed by atoms with van der Waals surface area (Å²) in [6.45, 7) is 3.21. The molecule has 2 aromatic heterocycles. The summed E-state index contributed by atoms with van der Waals surface area (Å²) in [5, 5.41) is 7.96. The highest BCUT2D eigenvalue weighted by molar-refractivity contribution is 7.99. The first kappa shape index (κ1) is 22.7. The quantitative estimate of drug-likeness (QED) is 0.396. The molecule has 5 nitrogen and oxygen atoms in total. The zero-order chi connectivity index (χ0) is 22.9. The van der Waals surface area contributed by atoms with Gasteiger partial charge in [-0.2, -0.15) is 26.3 Å². The average Bonchev–Trinajstić information content (AvgIpc) is 3.16. The molecule has 0 N–H and O–H groups in total. The molecule has 0 spiro atoms. The molecule has 3 aromatic rings. The van der Waals surface area contributed by atoms with Crippen molar-refractivity contribution in [1.29, 1.82) is 0 Å². The zero-order valence-electron chi connectivity index (χ0n) is 16.7. The first-order chi connectivity index (χ1) is 15.1. The number of benzene rings is 1. The van der Waals surface area contributed by atoms with Crippen LogP contribution in [-0.4, -0.2) is 58.0 Å². The summed E-state index contributed by atoms with van der Waals surface area (Å²) in [5.74, 6) is 0.598. The Labute approximate surface area is 184 Å². The van der Waals surface area contributed by atoms with Gasteiger partial charge in [0.25, 0.3) is 0 Å². The van der Waals surface area contributed by atoms with Crippen LogP contribution < -0.4 is 4.90 Å². The van der Waals surface area contributed by atoms with Crippen LogP contribution in [0, 0.1) is 0 Å². The van der Waals surface area contributed by atoms with E-state index >= 15 is 0 Å². The van der Waals surface area contributed by atoms with E-state index in [1.165, 1.54) is 34.5 Å². The fourth-order valence-corrected chi connectivity index (χ4v) is 4.51. The van der Waals surface area contributed by atoms with Crippen LogP contribution in [0.5, 0.6) is 0 Å². The minimum Gasteiger partial charge on any atom is -0.369 e. The van der Waals surface area contributed by atoms with E-state index in [0.717, 1.165) is 18.2 Å². The van der Waals surface area contributed by atoms with Crippen molar-refractivity contribution in [3.05, 3.63) is 53.7 Å². The van der Waals surface area contributed by atoms with Crippen LogP contribution >= 0.6 is 11.8 Å². The lowest BCUT2D eigenvalue weighted by Gasteiger charge is -2.36. The SMILES string of the molecule is FC(F)(F)c1cccc(N2CCN(CCSc3nnc4c(C(F)(F)F)cccn34)CC2)c1. The van der Waals surface area contributed by atoms with Gasteiger partial charge in [0.1, 0.15) is 5.56 Å². The molecule has 1 aliphatic rings. The fourth-order valence-electron chi connectivity index (χ4n) is 3.59. The van der Waals surface area contributed by atoms with E-state index in [9.17, 15) is 26.3 Å². The Balaban J connectivity index is 1.31. The molecular weight excluding hydrogens is 456 g/mol. The number of thioether (sulfide) groups is 1. The van der Waals surface area contributed by atoms with Crippen molar-refractivity contribution in [2.24, 2.45) is 0 Å². The van der Waals surface area contributed by atoms with E-state index in [1.807, 2.05) is 4.90 Å². The Morgan fingerprint density at radius 3 is 2.31 bits per heavy atom. The maximum atomic E-state index is 13.1. The molecule has 1 aromatic carbocycles. The second-order valence-corrected chi connectivity index (χ2v) is 8.38. The van der Waals surface area contributed by atoms with Crippen LogP contribution in [0.1, 0.15) is 11.1 Å². The summed E-state index contributed by atoms with van der Waals surface area (Å²) in [5.41, 5.74) is -1.17. The van der Waals surface area contributed by atoms with Gasteiger partial charge in [-0.3, -0.25) is 9.30 Å². The lowest BCUT2D eigenvalue weighted by molar-refractivity contribution is -0.138. The molecular formula is C20H19F6N5S. The number of fused-ring (bicyclic) bond motifs is 1. The molecule has 0 amide bonds. The third kappa shape index (κ3) is 4.96. The Hall–Kier alpha value is -2.47. The van der Waals surface area contributed by atoms with Gasteiger partial charge >= 0.3 is 12.4 Å². The fraction of sp³-hybridized carbons (Fsp3) is 0.400. The molecule has 0 radical (unpaired) electrons. The molecule has 0 aliphatic carbocycles. The summed E-state index contributed by atoms with van der Waals surface area (Å²) in [4.78, 5) is 4.09. The van der Waals surface area contributed by atoms with E-state index in [4.69, 9.17) is 0 Å². The number of anilines is 1. The summed E-state index contributed by atoms with van der Waals surface area (Å²) in [7, 11) is 0.